The first-order chi connectivity index (χ1) is 13.5. The van der Waals surface area contributed by atoms with Crippen molar-refractivity contribution in [1.82, 2.24) is 4.98 Å². The number of aromatic hydroxyl groups is 1. The number of ether oxygens (including phenoxy) is 1. The number of para-hydroxylation sites is 1. The molecule has 3 aromatic rings. The van der Waals surface area contributed by atoms with Crippen LogP contribution < -0.4 is 0 Å². The zero-order valence-electron chi connectivity index (χ0n) is 16.3. The molecule has 2 heterocycles. The maximum atomic E-state index is 10.7. The van der Waals surface area contributed by atoms with Crippen molar-refractivity contribution in [3.8, 4) is 16.9 Å². The fourth-order valence-corrected chi connectivity index (χ4v) is 5.53. The van der Waals surface area contributed by atoms with Crippen molar-refractivity contribution in [3.63, 3.8) is 0 Å². The van der Waals surface area contributed by atoms with Crippen LogP contribution in [0.1, 0.15) is 47.6 Å². The van der Waals surface area contributed by atoms with E-state index in [0.717, 1.165) is 51.9 Å². The predicted octanol–water partition coefficient (Wildman–Crippen LogP) is 6.01. The quantitative estimate of drug-likeness (QED) is 0.520. The number of hydrogen-bond acceptors (Lipinski definition) is 5. The number of phenolic OH excluding ortho intramolecular Hbond substituents is 1. The van der Waals surface area contributed by atoms with Crippen LogP contribution in [0.3, 0.4) is 0 Å². The molecule has 4 rings (SSSR count). The van der Waals surface area contributed by atoms with Crippen molar-refractivity contribution in [2.75, 3.05) is 6.61 Å². The highest BCUT2D eigenvalue weighted by Gasteiger charge is 2.29. The van der Waals surface area contributed by atoms with Crippen molar-refractivity contribution in [2.45, 2.75) is 45.6 Å². The van der Waals surface area contributed by atoms with Gasteiger partial charge in [0, 0.05) is 39.3 Å². The second kappa shape index (κ2) is 7.57. The van der Waals surface area contributed by atoms with Crippen LogP contribution >= 0.6 is 11.3 Å². The zero-order valence-corrected chi connectivity index (χ0v) is 17.1. The largest absolute Gasteiger partial charge is 0.510 e. The van der Waals surface area contributed by atoms with E-state index in [9.17, 15) is 10.2 Å². The van der Waals surface area contributed by atoms with Crippen LogP contribution in [0, 0.1) is 6.92 Å². The van der Waals surface area contributed by atoms with Crippen LogP contribution in [0.25, 0.3) is 21.3 Å². The number of aliphatic hydroxyl groups excluding tert-OH is 1. The number of hydrogen-bond donors (Lipinski definition) is 2. The summed E-state index contributed by atoms with van der Waals surface area (Å²) in [7, 11) is 0. The number of aromatic nitrogens is 1. The predicted molar refractivity (Wildman–Crippen MR) is 114 cm³/mol. The summed E-state index contributed by atoms with van der Waals surface area (Å²) in [5.74, 6) is 0.164. The number of phenols is 1. The highest BCUT2D eigenvalue weighted by Crippen LogP contribution is 2.47. The van der Waals surface area contributed by atoms with Crippen molar-refractivity contribution in [2.24, 2.45) is 0 Å². The molecule has 2 aromatic heterocycles. The third-order valence-electron chi connectivity index (χ3n) is 5.40. The average molecular weight is 396 g/mol. The Labute approximate surface area is 169 Å². The molecule has 0 amide bonds. The molecule has 0 radical (unpaired) electrons. The summed E-state index contributed by atoms with van der Waals surface area (Å²) in [6, 6.07) is 7.35. The maximum Gasteiger partial charge on any atom is 0.141 e. The Morgan fingerprint density at radius 3 is 2.75 bits per heavy atom. The van der Waals surface area contributed by atoms with Crippen LogP contribution in [-0.4, -0.2) is 21.8 Å². The van der Waals surface area contributed by atoms with E-state index in [4.69, 9.17) is 9.72 Å². The number of rotatable bonds is 5. The van der Waals surface area contributed by atoms with Gasteiger partial charge in [0.1, 0.15) is 22.4 Å². The van der Waals surface area contributed by atoms with Crippen LogP contribution in [0.5, 0.6) is 5.75 Å². The molecule has 0 bridgehead atoms. The fourth-order valence-electron chi connectivity index (χ4n) is 4.21. The maximum absolute atomic E-state index is 10.7. The highest BCUT2D eigenvalue weighted by molar-refractivity contribution is 7.19. The van der Waals surface area contributed by atoms with E-state index in [1.165, 1.54) is 16.9 Å². The van der Waals surface area contributed by atoms with Gasteiger partial charge in [0.2, 0.25) is 0 Å². The molecular formula is C23H25NO3S. The normalized spacial score (nSPS) is 14.8. The lowest BCUT2D eigenvalue weighted by atomic mass is 9.87. The van der Waals surface area contributed by atoms with Gasteiger partial charge in [-0.2, -0.15) is 0 Å². The minimum atomic E-state index is -0.685. The van der Waals surface area contributed by atoms with Crippen molar-refractivity contribution < 1.29 is 14.9 Å². The smallest absolute Gasteiger partial charge is 0.141 e. The lowest BCUT2D eigenvalue weighted by molar-refractivity contribution is 0.0579. The van der Waals surface area contributed by atoms with Crippen molar-refractivity contribution >= 4 is 21.6 Å². The molecule has 0 unspecified atom stereocenters. The molecule has 1 aromatic carbocycles. The second-order valence-corrected chi connectivity index (χ2v) is 8.30. The summed E-state index contributed by atoms with van der Waals surface area (Å²) in [5.41, 5.74) is 4.56. The van der Waals surface area contributed by atoms with E-state index in [1.54, 1.807) is 17.4 Å². The second-order valence-electron chi connectivity index (χ2n) is 7.22. The number of pyridine rings is 1. The molecule has 1 aliphatic rings. The van der Waals surface area contributed by atoms with Gasteiger partial charge in [0.05, 0.1) is 0 Å². The molecular weight excluding hydrogens is 370 g/mol. The molecule has 0 saturated heterocycles. The van der Waals surface area contributed by atoms with Gasteiger partial charge >= 0.3 is 0 Å². The van der Waals surface area contributed by atoms with E-state index >= 15 is 0 Å². The molecule has 2 N–H and O–H groups in total. The lowest BCUT2D eigenvalue weighted by Crippen LogP contribution is -2.12. The van der Waals surface area contributed by atoms with E-state index in [1.807, 2.05) is 32.0 Å². The molecule has 28 heavy (non-hydrogen) atoms. The Hall–Kier alpha value is -2.37. The number of aryl methyl sites for hydroxylation is 3. The lowest BCUT2D eigenvalue weighted by Gasteiger charge is -2.23. The molecule has 4 nitrogen and oxygen atoms in total. The third-order valence-corrected chi connectivity index (χ3v) is 6.59. The standard InChI is InChI=1S/C23H25NO3S/c1-4-27-22(14(3)25)19-13(2)24-23-21(16-10-6-8-12-18(16)28-23)20(19)15-9-5-7-11-17(15)26/h5,7,9,11,22,25-26H,3-4,6,8,10,12H2,1-2H3/t22-/m1/s1. The van der Waals surface area contributed by atoms with E-state index in [-0.39, 0.29) is 11.5 Å². The van der Waals surface area contributed by atoms with Crippen molar-refractivity contribution in [3.05, 3.63) is 58.3 Å². The summed E-state index contributed by atoms with van der Waals surface area (Å²) in [6.45, 7) is 8.01. The molecule has 5 heteroatoms. The number of benzene rings is 1. The Kier molecular flexibility index (Phi) is 5.13. The molecule has 0 saturated carbocycles. The Bertz CT molecular complexity index is 1050. The van der Waals surface area contributed by atoms with Crippen LogP contribution in [0.2, 0.25) is 0 Å². The van der Waals surface area contributed by atoms with E-state index in [2.05, 4.69) is 6.58 Å². The molecule has 146 valence electrons. The Morgan fingerprint density at radius 1 is 1.29 bits per heavy atom. The molecule has 0 aliphatic heterocycles. The van der Waals surface area contributed by atoms with Crippen LogP contribution in [-0.2, 0) is 17.6 Å². The first-order valence-corrected chi connectivity index (χ1v) is 10.6. The number of nitrogens with zero attached hydrogens (tertiary/aromatic N) is 1. The van der Waals surface area contributed by atoms with Gasteiger partial charge in [-0.3, -0.25) is 0 Å². The molecule has 1 aliphatic carbocycles. The van der Waals surface area contributed by atoms with Gasteiger partial charge in [-0.1, -0.05) is 24.8 Å². The Balaban J connectivity index is 2.13. The summed E-state index contributed by atoms with van der Waals surface area (Å²) in [6.07, 6.45) is 3.76. The van der Waals surface area contributed by atoms with Gasteiger partial charge in [-0.15, -0.1) is 11.3 Å². The first-order valence-electron chi connectivity index (χ1n) is 9.75. The number of thiophene rings is 1. The molecule has 1 atom stereocenters. The highest BCUT2D eigenvalue weighted by atomic mass is 32.1. The monoisotopic (exact) mass is 395 g/mol. The molecule has 0 fully saturated rings. The summed E-state index contributed by atoms with van der Waals surface area (Å²) >= 11 is 1.75. The van der Waals surface area contributed by atoms with Gasteiger partial charge in [0.25, 0.3) is 0 Å². The zero-order chi connectivity index (χ0) is 19.8. The van der Waals surface area contributed by atoms with Crippen molar-refractivity contribution in [1.29, 1.82) is 0 Å². The topological polar surface area (TPSA) is 62.6 Å². The third kappa shape index (κ3) is 3.09. The van der Waals surface area contributed by atoms with Gasteiger partial charge < -0.3 is 14.9 Å². The minimum Gasteiger partial charge on any atom is -0.510 e. The number of aliphatic hydroxyl groups is 1. The minimum absolute atomic E-state index is 0.0492. The summed E-state index contributed by atoms with van der Waals surface area (Å²) in [5, 5.41) is 22.1. The van der Waals surface area contributed by atoms with Crippen LogP contribution in [0.15, 0.2) is 36.6 Å². The summed E-state index contributed by atoms with van der Waals surface area (Å²) in [4.78, 5) is 7.26. The first kappa shape index (κ1) is 19.0. The Morgan fingerprint density at radius 2 is 2.04 bits per heavy atom. The van der Waals surface area contributed by atoms with Gasteiger partial charge in [-0.25, -0.2) is 4.98 Å². The fraction of sp³-hybridized carbons (Fsp3) is 0.348. The van der Waals surface area contributed by atoms with E-state index in [0.29, 0.717) is 6.61 Å². The van der Waals surface area contributed by atoms with E-state index < -0.39 is 6.10 Å². The van der Waals surface area contributed by atoms with Gasteiger partial charge in [-0.05, 0) is 51.2 Å². The summed E-state index contributed by atoms with van der Waals surface area (Å²) < 4.78 is 5.87. The molecule has 0 spiro atoms. The number of fused-ring (bicyclic) bond motifs is 3. The van der Waals surface area contributed by atoms with Crippen LogP contribution in [0.4, 0.5) is 0 Å². The van der Waals surface area contributed by atoms with Gasteiger partial charge in [0.15, 0.2) is 0 Å². The SMILES string of the molecule is C=C(O)[C@@H](OCC)c1c(C)nc2sc3c(c2c1-c1ccccc1O)CCCC3. The average Bonchev–Trinajstić information content (AvgIpc) is 3.03.